The monoisotopic (exact) mass is 342 g/mol. The highest BCUT2D eigenvalue weighted by molar-refractivity contribution is 7.13. The molecule has 2 N–H and O–H groups in total. The highest BCUT2D eigenvalue weighted by atomic mass is 32.1. The molecule has 2 rings (SSSR count). The molecule has 0 saturated heterocycles. The zero-order valence-electron chi connectivity index (χ0n) is 14.3. The van der Waals surface area contributed by atoms with Gasteiger partial charge in [-0.1, -0.05) is 68.5 Å². The van der Waals surface area contributed by atoms with E-state index in [1.54, 1.807) is 6.92 Å². The number of hydrogen-bond donors (Lipinski definition) is 1. The maximum atomic E-state index is 14.2. The topological polar surface area (TPSA) is 38.9 Å². The fourth-order valence-corrected chi connectivity index (χ4v) is 3.08. The molecule has 0 fully saturated rings. The summed E-state index contributed by atoms with van der Waals surface area (Å²) in [6, 6.07) is 9.59. The van der Waals surface area contributed by atoms with Crippen LogP contribution < -0.4 is 5.73 Å². The van der Waals surface area contributed by atoms with Crippen molar-refractivity contribution in [3.63, 3.8) is 0 Å². The Balaban J connectivity index is 2.15. The summed E-state index contributed by atoms with van der Waals surface area (Å²) in [5.41, 5.74) is 7.97. The van der Waals surface area contributed by atoms with Gasteiger partial charge in [0.25, 0.3) is 0 Å². The number of anilines is 1. The molecule has 0 aliphatic heterocycles. The maximum absolute atomic E-state index is 14.2. The van der Waals surface area contributed by atoms with Crippen LogP contribution in [0.3, 0.4) is 0 Å². The Morgan fingerprint density at radius 1 is 1.29 bits per heavy atom. The lowest BCUT2D eigenvalue weighted by Gasteiger charge is -2.17. The lowest BCUT2D eigenvalue weighted by molar-refractivity contribution is 0.648. The van der Waals surface area contributed by atoms with Gasteiger partial charge in [-0.2, -0.15) is 0 Å². The van der Waals surface area contributed by atoms with E-state index >= 15 is 0 Å². The third-order valence-electron chi connectivity index (χ3n) is 3.77. The molecule has 2 aromatic rings. The van der Waals surface area contributed by atoms with Crippen LogP contribution in [-0.2, 0) is 5.41 Å². The molecule has 126 valence electrons. The number of nitrogens with zero attached hydrogens (tertiary/aromatic N) is 1. The van der Waals surface area contributed by atoms with Crippen LogP contribution in [0.5, 0.6) is 0 Å². The Kier molecular flexibility index (Phi) is 6.10. The molecule has 0 atom stereocenters. The van der Waals surface area contributed by atoms with Crippen molar-refractivity contribution in [3.05, 3.63) is 77.1 Å². The second kappa shape index (κ2) is 8.06. The van der Waals surface area contributed by atoms with Crippen molar-refractivity contribution >= 4 is 22.0 Å². The van der Waals surface area contributed by atoms with Gasteiger partial charge in [0.1, 0.15) is 5.83 Å². The molecular formula is C20H23FN2S. The number of thiazole rings is 1. The van der Waals surface area contributed by atoms with Crippen LogP contribution in [0.2, 0.25) is 0 Å². The summed E-state index contributed by atoms with van der Waals surface area (Å²) in [6.07, 6.45) is 8.18. The quantitative estimate of drug-likeness (QED) is 0.524. The van der Waals surface area contributed by atoms with Gasteiger partial charge in [0.05, 0.1) is 5.69 Å². The van der Waals surface area contributed by atoms with Gasteiger partial charge in [-0.15, -0.1) is 11.3 Å². The van der Waals surface area contributed by atoms with E-state index in [2.05, 4.69) is 24.9 Å². The first-order valence-electron chi connectivity index (χ1n) is 7.91. The molecule has 0 unspecified atom stereocenters. The van der Waals surface area contributed by atoms with E-state index in [0.717, 1.165) is 11.3 Å². The van der Waals surface area contributed by atoms with E-state index in [0.29, 0.717) is 17.1 Å². The minimum atomic E-state index is -0.207. The number of nitrogen functional groups attached to an aromatic ring is 1. The average molecular weight is 342 g/mol. The molecule has 0 bridgehead atoms. The maximum Gasteiger partial charge on any atom is 0.180 e. The van der Waals surface area contributed by atoms with E-state index in [4.69, 9.17) is 5.73 Å². The summed E-state index contributed by atoms with van der Waals surface area (Å²) in [4.78, 5) is 4.35. The predicted molar refractivity (Wildman–Crippen MR) is 103 cm³/mol. The van der Waals surface area contributed by atoms with Crippen molar-refractivity contribution < 1.29 is 4.39 Å². The van der Waals surface area contributed by atoms with Crippen LogP contribution in [-0.4, -0.2) is 4.98 Å². The highest BCUT2D eigenvalue weighted by Gasteiger charge is 2.19. The smallest absolute Gasteiger partial charge is 0.180 e. The molecule has 0 aliphatic rings. The highest BCUT2D eigenvalue weighted by Crippen LogP contribution is 2.28. The first-order chi connectivity index (χ1) is 11.4. The van der Waals surface area contributed by atoms with Crippen molar-refractivity contribution in [1.29, 1.82) is 0 Å². The standard InChI is InChI=1S/C20H23FN2S/c1-4-17(21)16(15-10-6-5-7-11-15)12-8-9-13-20(2,3)18-14-24-19(22)23-18/h4-7,9-14H,8H2,1-3H3,(H2,22,23)/b13-9+,16-12?,17-4+. The minimum absolute atomic E-state index is 0.200. The summed E-state index contributed by atoms with van der Waals surface area (Å²) in [5, 5.41) is 2.55. The van der Waals surface area contributed by atoms with Gasteiger partial charge >= 0.3 is 0 Å². The zero-order valence-corrected chi connectivity index (χ0v) is 15.1. The Bertz CT molecular complexity index is 755. The molecule has 0 radical (unpaired) electrons. The summed E-state index contributed by atoms with van der Waals surface area (Å²) >= 11 is 1.44. The summed E-state index contributed by atoms with van der Waals surface area (Å²) in [5.74, 6) is -0.207. The molecule has 0 aliphatic carbocycles. The Morgan fingerprint density at radius 3 is 2.58 bits per heavy atom. The van der Waals surface area contributed by atoms with Crippen LogP contribution in [0.25, 0.3) is 5.57 Å². The molecule has 1 heterocycles. The van der Waals surface area contributed by atoms with E-state index in [-0.39, 0.29) is 11.2 Å². The Hall–Kier alpha value is -2.20. The van der Waals surface area contributed by atoms with Gasteiger partial charge in [-0.3, -0.25) is 0 Å². The molecule has 4 heteroatoms. The first-order valence-corrected chi connectivity index (χ1v) is 8.79. The van der Waals surface area contributed by atoms with Gasteiger partial charge in [0.15, 0.2) is 5.13 Å². The fourth-order valence-electron chi connectivity index (χ4n) is 2.34. The van der Waals surface area contributed by atoms with E-state index in [1.165, 1.54) is 17.4 Å². The first kappa shape index (κ1) is 18.1. The SMILES string of the molecule is C/C=C(/F)C(=CC/C=C/C(C)(C)c1csc(N)n1)c1ccccc1. The third-order valence-corrected chi connectivity index (χ3v) is 4.44. The van der Waals surface area contributed by atoms with Gasteiger partial charge in [-0.25, -0.2) is 9.37 Å². The number of rotatable bonds is 6. The number of halogens is 1. The average Bonchev–Trinajstić information content (AvgIpc) is 3.02. The molecule has 24 heavy (non-hydrogen) atoms. The second-order valence-electron chi connectivity index (χ2n) is 6.05. The van der Waals surface area contributed by atoms with Crippen molar-refractivity contribution in [1.82, 2.24) is 4.98 Å². The van der Waals surface area contributed by atoms with Crippen molar-refractivity contribution in [2.45, 2.75) is 32.6 Å². The van der Waals surface area contributed by atoms with Crippen LogP contribution >= 0.6 is 11.3 Å². The van der Waals surface area contributed by atoms with E-state index in [9.17, 15) is 4.39 Å². The molecule has 0 saturated carbocycles. The molecule has 0 amide bonds. The van der Waals surface area contributed by atoms with Crippen LogP contribution in [0, 0.1) is 0 Å². The van der Waals surface area contributed by atoms with Gasteiger partial charge in [0.2, 0.25) is 0 Å². The number of benzene rings is 1. The van der Waals surface area contributed by atoms with Crippen LogP contribution in [0.15, 0.2) is 65.8 Å². The molecule has 1 aromatic carbocycles. The normalized spacial score (nSPS) is 13.7. The second-order valence-corrected chi connectivity index (χ2v) is 6.94. The number of allylic oxidation sites excluding steroid dienone is 6. The molecule has 0 spiro atoms. The summed E-state index contributed by atoms with van der Waals surface area (Å²) in [7, 11) is 0. The summed E-state index contributed by atoms with van der Waals surface area (Å²) < 4.78 is 14.2. The number of hydrogen-bond acceptors (Lipinski definition) is 3. The van der Waals surface area contributed by atoms with Crippen LogP contribution in [0.1, 0.15) is 38.4 Å². The van der Waals surface area contributed by atoms with E-state index < -0.39 is 0 Å². The number of nitrogens with two attached hydrogens (primary N) is 1. The predicted octanol–water partition coefficient (Wildman–Crippen LogP) is 5.91. The minimum Gasteiger partial charge on any atom is -0.375 e. The van der Waals surface area contributed by atoms with Crippen molar-refractivity contribution in [2.75, 3.05) is 5.73 Å². The molecule has 2 nitrogen and oxygen atoms in total. The number of aromatic nitrogens is 1. The van der Waals surface area contributed by atoms with Crippen molar-refractivity contribution in [2.24, 2.45) is 0 Å². The Labute approximate surface area is 147 Å². The zero-order chi connectivity index (χ0) is 17.6. The van der Waals surface area contributed by atoms with Gasteiger partial charge in [-0.05, 0) is 18.9 Å². The molecule has 1 aromatic heterocycles. The lowest BCUT2D eigenvalue weighted by atomic mass is 9.89. The van der Waals surface area contributed by atoms with Crippen molar-refractivity contribution in [3.8, 4) is 0 Å². The molecular weight excluding hydrogens is 319 g/mol. The van der Waals surface area contributed by atoms with E-state index in [1.807, 2.05) is 47.9 Å². The summed E-state index contributed by atoms with van der Waals surface area (Å²) in [6.45, 7) is 5.89. The Morgan fingerprint density at radius 2 is 2.00 bits per heavy atom. The van der Waals surface area contributed by atoms with Gasteiger partial charge in [0, 0.05) is 16.4 Å². The lowest BCUT2D eigenvalue weighted by Crippen LogP contribution is -2.13. The van der Waals surface area contributed by atoms with Gasteiger partial charge < -0.3 is 5.73 Å². The fraction of sp³-hybridized carbons (Fsp3) is 0.250. The largest absolute Gasteiger partial charge is 0.375 e. The third kappa shape index (κ3) is 4.65. The van der Waals surface area contributed by atoms with Crippen LogP contribution in [0.4, 0.5) is 9.52 Å².